The summed E-state index contributed by atoms with van der Waals surface area (Å²) in [5.41, 5.74) is 8.76. The van der Waals surface area contributed by atoms with Gasteiger partial charge in [-0.05, 0) is 30.2 Å². The number of nitrogens with two attached hydrogens (primary N) is 1. The Hall–Kier alpha value is -2.38. The van der Waals surface area contributed by atoms with Gasteiger partial charge in [-0.2, -0.15) is 0 Å². The summed E-state index contributed by atoms with van der Waals surface area (Å²) >= 11 is 0. The van der Waals surface area contributed by atoms with Gasteiger partial charge in [0, 0.05) is 11.7 Å². The number of carbonyl (C=O) groups is 1. The Kier molecular flexibility index (Phi) is 5.81. The number of carbonyl (C=O) groups excluding carboxylic acids is 1. The molecule has 0 radical (unpaired) electrons. The van der Waals surface area contributed by atoms with Crippen molar-refractivity contribution in [2.45, 2.75) is 19.9 Å². The molecule has 0 aromatic heterocycles. The van der Waals surface area contributed by atoms with Crippen LogP contribution in [0.25, 0.3) is 0 Å². The molecule has 2 rings (SSSR count). The third kappa shape index (κ3) is 5.30. The fraction of sp³-hybridized carbons (Fsp3) is 0.278. The summed E-state index contributed by atoms with van der Waals surface area (Å²) in [5.74, 6) is -0.680. The first-order valence-electron chi connectivity index (χ1n) is 7.87. The molecule has 0 aliphatic rings. The van der Waals surface area contributed by atoms with Gasteiger partial charge in [-0.15, -0.1) is 0 Å². The van der Waals surface area contributed by atoms with Crippen molar-refractivity contribution in [3.8, 4) is 0 Å². The first kappa shape index (κ1) is 19.0. The van der Waals surface area contributed by atoms with Crippen LogP contribution >= 0.6 is 0 Å². The van der Waals surface area contributed by atoms with Crippen LogP contribution in [0.2, 0.25) is 0 Å². The molecule has 0 aliphatic carbocycles. The Balaban J connectivity index is 2.13. The fourth-order valence-corrected chi connectivity index (χ4v) is 3.01. The fourth-order valence-electron chi connectivity index (χ4n) is 2.39. The zero-order chi connectivity index (χ0) is 18.6. The average Bonchev–Trinajstić information content (AvgIpc) is 2.56. The van der Waals surface area contributed by atoms with Crippen LogP contribution in [0.5, 0.6) is 0 Å². The number of hydrogen-bond donors (Lipinski definition) is 3. The monoisotopic (exact) mass is 361 g/mol. The van der Waals surface area contributed by atoms with Crippen LogP contribution in [0.1, 0.15) is 24.1 Å². The van der Waals surface area contributed by atoms with Crippen molar-refractivity contribution in [1.82, 2.24) is 0 Å². The van der Waals surface area contributed by atoms with E-state index in [0.717, 1.165) is 17.4 Å². The molecule has 0 bridgehead atoms. The second kappa shape index (κ2) is 7.67. The Morgan fingerprint density at radius 1 is 1.12 bits per heavy atom. The third-order valence-electron chi connectivity index (χ3n) is 3.94. The van der Waals surface area contributed by atoms with E-state index in [0.29, 0.717) is 11.4 Å². The van der Waals surface area contributed by atoms with Gasteiger partial charge < -0.3 is 11.1 Å². The van der Waals surface area contributed by atoms with Crippen LogP contribution in [0, 0.1) is 12.8 Å². The summed E-state index contributed by atoms with van der Waals surface area (Å²) in [4.78, 5) is 12.5. The molecule has 0 saturated heterocycles. The lowest BCUT2D eigenvalue weighted by atomic mass is 9.94. The van der Waals surface area contributed by atoms with E-state index in [1.165, 1.54) is 0 Å². The van der Waals surface area contributed by atoms with Crippen LogP contribution in [0.4, 0.5) is 11.4 Å². The smallest absolute Gasteiger partial charge is 0.229 e. The van der Waals surface area contributed by atoms with Gasteiger partial charge in [0.25, 0.3) is 0 Å². The van der Waals surface area contributed by atoms with Crippen LogP contribution in [0.3, 0.4) is 0 Å². The molecule has 134 valence electrons. The zero-order valence-electron chi connectivity index (χ0n) is 14.5. The number of benzene rings is 2. The van der Waals surface area contributed by atoms with Crippen molar-refractivity contribution in [3.05, 3.63) is 59.7 Å². The highest BCUT2D eigenvalue weighted by Crippen LogP contribution is 2.24. The van der Waals surface area contributed by atoms with Gasteiger partial charge in [-0.1, -0.05) is 43.3 Å². The van der Waals surface area contributed by atoms with Gasteiger partial charge in [0.05, 0.1) is 17.9 Å². The van der Waals surface area contributed by atoms with Crippen molar-refractivity contribution < 1.29 is 13.2 Å². The standard InChI is InChI=1S/C18H23N3O3S/c1-12-9-10-15(11-16(12)21-25(3,23)24)20-18(22)13(2)17(19)14-7-5-4-6-8-14/h4-11,13,17,21H,19H2,1-3H3,(H,20,22). The highest BCUT2D eigenvalue weighted by molar-refractivity contribution is 7.92. The maximum absolute atomic E-state index is 12.5. The summed E-state index contributed by atoms with van der Waals surface area (Å²) in [5, 5.41) is 2.79. The van der Waals surface area contributed by atoms with Crippen LogP contribution in [-0.4, -0.2) is 20.6 Å². The average molecular weight is 361 g/mol. The van der Waals surface area contributed by atoms with E-state index < -0.39 is 22.0 Å². The van der Waals surface area contributed by atoms with Gasteiger partial charge in [0.1, 0.15) is 0 Å². The van der Waals surface area contributed by atoms with E-state index in [2.05, 4.69) is 10.0 Å². The molecule has 6 nitrogen and oxygen atoms in total. The van der Waals surface area contributed by atoms with Crippen molar-refractivity contribution >= 4 is 27.3 Å². The maximum Gasteiger partial charge on any atom is 0.229 e. The molecule has 0 heterocycles. The maximum atomic E-state index is 12.5. The number of rotatable bonds is 6. The first-order valence-corrected chi connectivity index (χ1v) is 9.76. The predicted octanol–water partition coefficient (Wildman–Crippen LogP) is 2.64. The Morgan fingerprint density at radius 3 is 2.36 bits per heavy atom. The van der Waals surface area contributed by atoms with Crippen molar-refractivity contribution in [2.24, 2.45) is 11.7 Å². The quantitative estimate of drug-likeness (QED) is 0.736. The Bertz CT molecular complexity index is 851. The summed E-state index contributed by atoms with van der Waals surface area (Å²) in [7, 11) is -3.39. The van der Waals surface area contributed by atoms with E-state index in [1.807, 2.05) is 30.3 Å². The number of hydrogen-bond acceptors (Lipinski definition) is 4. The molecule has 2 aromatic carbocycles. The Morgan fingerprint density at radius 2 is 1.76 bits per heavy atom. The molecule has 0 fully saturated rings. The van der Waals surface area contributed by atoms with Crippen molar-refractivity contribution in [1.29, 1.82) is 0 Å². The van der Waals surface area contributed by atoms with Gasteiger partial charge >= 0.3 is 0 Å². The first-order chi connectivity index (χ1) is 11.7. The Labute approximate surface area is 148 Å². The highest BCUT2D eigenvalue weighted by atomic mass is 32.2. The predicted molar refractivity (Wildman–Crippen MR) is 101 cm³/mol. The molecule has 2 aromatic rings. The molecule has 2 unspecified atom stereocenters. The highest BCUT2D eigenvalue weighted by Gasteiger charge is 2.22. The molecule has 1 amide bonds. The molecule has 0 aliphatic heterocycles. The molecule has 25 heavy (non-hydrogen) atoms. The van der Waals surface area contributed by atoms with Gasteiger partial charge in [-0.3, -0.25) is 9.52 Å². The zero-order valence-corrected chi connectivity index (χ0v) is 15.3. The van der Waals surface area contributed by atoms with Gasteiger partial charge in [0.15, 0.2) is 0 Å². The van der Waals surface area contributed by atoms with E-state index in [9.17, 15) is 13.2 Å². The minimum Gasteiger partial charge on any atom is -0.326 e. The summed E-state index contributed by atoms with van der Waals surface area (Å²) in [6.45, 7) is 3.55. The SMILES string of the molecule is Cc1ccc(NC(=O)C(C)C(N)c2ccccc2)cc1NS(C)(=O)=O. The second-order valence-electron chi connectivity index (χ2n) is 6.12. The largest absolute Gasteiger partial charge is 0.326 e. The van der Waals surface area contributed by atoms with Gasteiger partial charge in [-0.25, -0.2) is 8.42 Å². The molecule has 4 N–H and O–H groups in total. The summed E-state index contributed by atoms with van der Waals surface area (Å²) < 4.78 is 25.3. The summed E-state index contributed by atoms with van der Waals surface area (Å²) in [6, 6.07) is 14.0. The van der Waals surface area contributed by atoms with E-state index in [1.54, 1.807) is 32.0 Å². The molecular weight excluding hydrogens is 338 g/mol. The lowest BCUT2D eigenvalue weighted by molar-refractivity contribution is -0.120. The van der Waals surface area contributed by atoms with Crippen LogP contribution in [0.15, 0.2) is 48.5 Å². The lowest BCUT2D eigenvalue weighted by Gasteiger charge is -2.20. The topological polar surface area (TPSA) is 101 Å². The molecule has 7 heteroatoms. The lowest BCUT2D eigenvalue weighted by Crippen LogP contribution is -2.30. The second-order valence-corrected chi connectivity index (χ2v) is 7.87. The van der Waals surface area contributed by atoms with Crippen LogP contribution in [-0.2, 0) is 14.8 Å². The van der Waals surface area contributed by atoms with Gasteiger partial charge in [0.2, 0.25) is 15.9 Å². The number of sulfonamides is 1. The van der Waals surface area contributed by atoms with Crippen molar-refractivity contribution in [2.75, 3.05) is 16.3 Å². The van der Waals surface area contributed by atoms with E-state index in [-0.39, 0.29) is 5.91 Å². The number of anilines is 2. The molecule has 0 saturated carbocycles. The van der Waals surface area contributed by atoms with Crippen LogP contribution < -0.4 is 15.8 Å². The molecule has 0 spiro atoms. The third-order valence-corrected chi connectivity index (χ3v) is 4.53. The number of aryl methyl sites for hydroxylation is 1. The minimum atomic E-state index is -3.39. The molecule has 2 atom stereocenters. The minimum absolute atomic E-state index is 0.231. The summed E-state index contributed by atoms with van der Waals surface area (Å²) in [6.07, 6.45) is 1.08. The van der Waals surface area contributed by atoms with E-state index in [4.69, 9.17) is 5.73 Å². The number of amides is 1. The van der Waals surface area contributed by atoms with E-state index >= 15 is 0 Å². The molecular formula is C18H23N3O3S. The normalized spacial score (nSPS) is 13.8. The number of nitrogens with one attached hydrogen (secondary N) is 2. The van der Waals surface area contributed by atoms with Crippen molar-refractivity contribution in [3.63, 3.8) is 0 Å².